The van der Waals surface area contributed by atoms with Crippen LogP contribution < -0.4 is 10.6 Å². The molecule has 0 saturated heterocycles. The zero-order valence-corrected chi connectivity index (χ0v) is 13.0. The summed E-state index contributed by atoms with van der Waals surface area (Å²) in [5, 5.41) is 7.14. The van der Waals surface area contributed by atoms with E-state index >= 15 is 0 Å². The highest BCUT2D eigenvalue weighted by Gasteiger charge is 2.02. The highest BCUT2D eigenvalue weighted by atomic mass is 32.2. The van der Waals surface area contributed by atoms with E-state index in [9.17, 15) is 0 Å². The first-order chi connectivity index (χ1) is 9.15. The molecule has 0 spiro atoms. The fraction of sp³-hybridized carbons (Fsp3) is 0.692. The number of nitrogens with one attached hydrogen (secondary N) is 2. The molecule has 1 rings (SSSR count). The van der Waals surface area contributed by atoms with Crippen LogP contribution in [0.3, 0.4) is 0 Å². The summed E-state index contributed by atoms with van der Waals surface area (Å²) in [6.07, 6.45) is 4.42. The summed E-state index contributed by atoms with van der Waals surface area (Å²) in [4.78, 5) is 8.74. The Morgan fingerprint density at radius 3 is 2.63 bits per heavy atom. The highest BCUT2D eigenvalue weighted by Crippen LogP contribution is 2.16. The zero-order valence-electron chi connectivity index (χ0n) is 12.2. The first-order valence-corrected chi connectivity index (χ1v) is 7.84. The van der Waals surface area contributed by atoms with Gasteiger partial charge >= 0.3 is 0 Å². The number of ether oxygens (including phenoxy) is 1. The molecular weight excluding hydrogens is 260 g/mol. The van der Waals surface area contributed by atoms with Gasteiger partial charge in [-0.2, -0.15) is 0 Å². The number of aromatic nitrogens is 2. The first kappa shape index (κ1) is 16.0. The Balaban J connectivity index is 2.32. The number of hydrogen-bond acceptors (Lipinski definition) is 6. The predicted molar refractivity (Wildman–Crippen MR) is 82.2 cm³/mol. The van der Waals surface area contributed by atoms with Crippen LogP contribution in [0, 0.1) is 0 Å². The fourth-order valence-corrected chi connectivity index (χ4v) is 1.88. The number of nitrogens with zero attached hydrogens (tertiary/aromatic N) is 2. The summed E-state index contributed by atoms with van der Waals surface area (Å²) in [6.45, 7) is 5.83. The predicted octanol–water partition coefficient (Wildman–Crippen LogP) is 2.86. The van der Waals surface area contributed by atoms with Crippen LogP contribution in [0.1, 0.15) is 26.7 Å². The third-order valence-corrected chi connectivity index (χ3v) is 3.02. The second kappa shape index (κ2) is 8.98. The van der Waals surface area contributed by atoms with Gasteiger partial charge in [-0.15, -0.1) is 0 Å². The second-order valence-electron chi connectivity index (χ2n) is 4.43. The van der Waals surface area contributed by atoms with Crippen LogP contribution in [0.15, 0.2) is 11.2 Å². The molecule has 5 nitrogen and oxygen atoms in total. The quantitative estimate of drug-likeness (QED) is 0.413. The average molecular weight is 284 g/mol. The van der Waals surface area contributed by atoms with Gasteiger partial charge in [-0.1, -0.05) is 11.8 Å². The van der Waals surface area contributed by atoms with E-state index in [2.05, 4.69) is 34.4 Å². The molecule has 1 aromatic heterocycles. The summed E-state index contributed by atoms with van der Waals surface area (Å²) in [5.41, 5.74) is 0. The van der Waals surface area contributed by atoms with Gasteiger partial charge in [0.1, 0.15) is 11.6 Å². The minimum atomic E-state index is 0.317. The second-order valence-corrected chi connectivity index (χ2v) is 5.20. The van der Waals surface area contributed by atoms with Crippen molar-refractivity contribution in [3.63, 3.8) is 0 Å². The van der Waals surface area contributed by atoms with E-state index in [1.165, 1.54) is 0 Å². The molecular formula is C13H24N4OS. The van der Waals surface area contributed by atoms with E-state index in [1.54, 1.807) is 11.8 Å². The van der Waals surface area contributed by atoms with Crippen LogP contribution in [0.5, 0.6) is 0 Å². The number of rotatable bonds is 9. The third kappa shape index (κ3) is 6.63. The van der Waals surface area contributed by atoms with Crippen molar-refractivity contribution in [3.8, 4) is 0 Å². The Morgan fingerprint density at radius 2 is 2.00 bits per heavy atom. The zero-order chi connectivity index (χ0) is 14.1. The number of anilines is 2. The van der Waals surface area contributed by atoms with Gasteiger partial charge in [-0.3, -0.25) is 0 Å². The Kier molecular flexibility index (Phi) is 7.59. The molecule has 1 heterocycles. The van der Waals surface area contributed by atoms with E-state index in [0.717, 1.165) is 42.8 Å². The Hall–Kier alpha value is -1.01. The van der Waals surface area contributed by atoms with Gasteiger partial charge in [-0.05, 0) is 32.9 Å². The van der Waals surface area contributed by atoms with Crippen LogP contribution in [-0.4, -0.2) is 42.5 Å². The summed E-state index contributed by atoms with van der Waals surface area (Å²) in [7, 11) is 1.86. The van der Waals surface area contributed by atoms with Crippen LogP contribution in [0.4, 0.5) is 11.6 Å². The number of unbranched alkanes of at least 4 members (excludes halogenated alkanes) is 1. The standard InChI is InChI=1S/C13H24N4OS/c1-10(2)18-8-6-5-7-15-12-9-11(14-3)16-13(17-12)19-4/h9-10H,5-8H2,1-4H3,(H2,14,15,16,17). The van der Waals surface area contributed by atoms with Gasteiger partial charge in [-0.25, -0.2) is 9.97 Å². The molecule has 1 aromatic rings. The van der Waals surface area contributed by atoms with Crippen LogP contribution in [0.25, 0.3) is 0 Å². The van der Waals surface area contributed by atoms with Gasteiger partial charge in [0.2, 0.25) is 0 Å². The molecule has 0 aliphatic carbocycles. The smallest absolute Gasteiger partial charge is 0.191 e. The monoisotopic (exact) mass is 284 g/mol. The molecule has 0 bridgehead atoms. The number of hydrogen-bond donors (Lipinski definition) is 2. The maximum atomic E-state index is 5.50. The Morgan fingerprint density at radius 1 is 1.26 bits per heavy atom. The lowest BCUT2D eigenvalue weighted by molar-refractivity contribution is 0.0765. The van der Waals surface area contributed by atoms with E-state index in [-0.39, 0.29) is 0 Å². The van der Waals surface area contributed by atoms with E-state index in [0.29, 0.717) is 6.10 Å². The van der Waals surface area contributed by atoms with Gasteiger partial charge < -0.3 is 15.4 Å². The molecule has 0 aromatic carbocycles. The molecule has 0 radical (unpaired) electrons. The van der Waals surface area contributed by atoms with Gasteiger partial charge in [0.25, 0.3) is 0 Å². The lowest BCUT2D eigenvalue weighted by atomic mass is 10.3. The first-order valence-electron chi connectivity index (χ1n) is 6.62. The molecule has 6 heteroatoms. The van der Waals surface area contributed by atoms with Crippen molar-refractivity contribution in [2.24, 2.45) is 0 Å². The summed E-state index contributed by atoms with van der Waals surface area (Å²) in [5.74, 6) is 1.71. The van der Waals surface area contributed by atoms with Crippen molar-refractivity contribution >= 4 is 23.4 Å². The molecule has 108 valence electrons. The summed E-state index contributed by atoms with van der Waals surface area (Å²) in [6, 6.07) is 1.92. The van der Waals surface area contributed by atoms with Crippen LogP contribution in [0.2, 0.25) is 0 Å². The van der Waals surface area contributed by atoms with E-state index < -0.39 is 0 Å². The SMILES string of the molecule is CNc1cc(NCCCCOC(C)C)nc(SC)n1. The highest BCUT2D eigenvalue weighted by molar-refractivity contribution is 7.98. The minimum absolute atomic E-state index is 0.317. The molecule has 0 unspecified atom stereocenters. The largest absolute Gasteiger partial charge is 0.379 e. The molecule has 0 aliphatic rings. The van der Waals surface area contributed by atoms with Crippen molar-refractivity contribution in [2.75, 3.05) is 37.1 Å². The molecule has 0 aliphatic heterocycles. The lowest BCUT2D eigenvalue weighted by Gasteiger charge is -2.10. The molecule has 0 saturated carbocycles. The van der Waals surface area contributed by atoms with Crippen molar-refractivity contribution in [2.45, 2.75) is 37.9 Å². The van der Waals surface area contributed by atoms with Crippen LogP contribution >= 0.6 is 11.8 Å². The van der Waals surface area contributed by atoms with E-state index in [4.69, 9.17) is 4.74 Å². The maximum absolute atomic E-state index is 5.50. The number of thioether (sulfide) groups is 1. The summed E-state index contributed by atoms with van der Waals surface area (Å²) < 4.78 is 5.50. The molecule has 2 N–H and O–H groups in total. The molecule has 0 atom stereocenters. The normalized spacial score (nSPS) is 10.8. The van der Waals surface area contributed by atoms with Gasteiger partial charge in [0, 0.05) is 26.3 Å². The van der Waals surface area contributed by atoms with E-state index in [1.807, 2.05) is 19.4 Å². The van der Waals surface area contributed by atoms with Crippen molar-refractivity contribution in [1.29, 1.82) is 0 Å². The Bertz CT molecular complexity index is 351. The van der Waals surface area contributed by atoms with Crippen molar-refractivity contribution < 1.29 is 4.74 Å². The Labute approximate surface area is 119 Å². The van der Waals surface area contributed by atoms with Crippen LogP contribution in [-0.2, 0) is 4.74 Å². The molecule has 0 amide bonds. The lowest BCUT2D eigenvalue weighted by Crippen LogP contribution is -2.08. The molecule has 19 heavy (non-hydrogen) atoms. The average Bonchev–Trinajstić information content (AvgIpc) is 2.41. The van der Waals surface area contributed by atoms with Crippen molar-refractivity contribution in [1.82, 2.24) is 9.97 Å². The topological polar surface area (TPSA) is 59.1 Å². The van der Waals surface area contributed by atoms with Gasteiger partial charge in [0.15, 0.2) is 5.16 Å². The maximum Gasteiger partial charge on any atom is 0.191 e. The molecule has 0 fully saturated rings. The van der Waals surface area contributed by atoms with Crippen molar-refractivity contribution in [3.05, 3.63) is 6.07 Å². The fourth-order valence-electron chi connectivity index (χ4n) is 1.50. The third-order valence-electron chi connectivity index (χ3n) is 2.47. The summed E-state index contributed by atoms with van der Waals surface area (Å²) >= 11 is 1.54. The minimum Gasteiger partial charge on any atom is -0.379 e. The van der Waals surface area contributed by atoms with Gasteiger partial charge in [0.05, 0.1) is 6.10 Å².